The summed E-state index contributed by atoms with van der Waals surface area (Å²) in [6, 6.07) is 21.2. The summed E-state index contributed by atoms with van der Waals surface area (Å²) in [6.45, 7) is 0.620. The molecule has 0 atom stereocenters. The normalized spacial score (nSPS) is 10.8. The maximum atomic E-state index is 12.6. The molecule has 0 aliphatic rings. The molecule has 1 aromatic heterocycles. The van der Waals surface area contributed by atoms with Crippen LogP contribution in [0.3, 0.4) is 0 Å². The van der Waals surface area contributed by atoms with E-state index in [1.807, 2.05) is 36.4 Å². The fraction of sp³-hybridized carbons (Fsp3) is 0.0455. The summed E-state index contributed by atoms with van der Waals surface area (Å²) < 4.78 is 5.76. The predicted molar refractivity (Wildman–Crippen MR) is 105 cm³/mol. The topological polar surface area (TPSA) is 82.7 Å². The van der Waals surface area contributed by atoms with Gasteiger partial charge in [-0.2, -0.15) is 0 Å². The molecule has 1 heterocycles. The van der Waals surface area contributed by atoms with E-state index in [4.69, 9.17) is 4.42 Å². The highest BCUT2D eigenvalue weighted by atomic mass is 16.4. The molecule has 0 amide bonds. The van der Waals surface area contributed by atoms with Gasteiger partial charge in [0.05, 0.1) is 5.39 Å². The molecule has 3 aromatic carbocycles. The Balaban J connectivity index is 1.70. The van der Waals surface area contributed by atoms with Gasteiger partial charge in [-0.1, -0.05) is 30.3 Å². The summed E-state index contributed by atoms with van der Waals surface area (Å²) in [5.74, 6) is -0.276. The van der Waals surface area contributed by atoms with E-state index in [-0.39, 0.29) is 11.5 Å². The molecule has 0 aliphatic carbocycles. The highest BCUT2D eigenvalue weighted by Gasteiger charge is 2.15. The second-order valence-corrected chi connectivity index (χ2v) is 6.21. The highest BCUT2D eigenvalue weighted by Crippen LogP contribution is 2.31. The van der Waals surface area contributed by atoms with Gasteiger partial charge in [-0.05, 0) is 48.0 Å². The van der Waals surface area contributed by atoms with Gasteiger partial charge in [0, 0.05) is 17.8 Å². The molecule has 0 saturated heterocycles. The molecule has 0 bridgehead atoms. The molecular formula is C22H17NO4. The number of rotatable bonds is 4. The van der Waals surface area contributed by atoms with Crippen LogP contribution in [0.1, 0.15) is 5.56 Å². The van der Waals surface area contributed by atoms with E-state index in [0.717, 1.165) is 11.3 Å². The number of phenols is 1. The van der Waals surface area contributed by atoms with Crippen molar-refractivity contribution in [1.29, 1.82) is 0 Å². The van der Waals surface area contributed by atoms with Gasteiger partial charge in [-0.25, -0.2) is 0 Å². The molecule has 4 rings (SSSR count). The summed E-state index contributed by atoms with van der Waals surface area (Å²) in [4.78, 5) is 12.6. The van der Waals surface area contributed by atoms with Gasteiger partial charge in [0.15, 0.2) is 5.76 Å². The van der Waals surface area contributed by atoms with Crippen molar-refractivity contribution in [2.24, 2.45) is 0 Å². The fourth-order valence-corrected chi connectivity index (χ4v) is 2.90. The third kappa shape index (κ3) is 3.35. The summed E-state index contributed by atoms with van der Waals surface area (Å²) in [7, 11) is 0. The minimum Gasteiger partial charge on any atom is -0.508 e. The summed E-state index contributed by atoms with van der Waals surface area (Å²) in [5.41, 5.74) is 2.27. The van der Waals surface area contributed by atoms with Gasteiger partial charge in [-0.3, -0.25) is 4.79 Å². The Morgan fingerprint density at radius 1 is 0.889 bits per heavy atom. The summed E-state index contributed by atoms with van der Waals surface area (Å²) in [5, 5.41) is 23.3. The molecule has 0 fully saturated rings. The quantitative estimate of drug-likeness (QED) is 0.500. The number of hydrogen-bond acceptors (Lipinski definition) is 5. The summed E-state index contributed by atoms with van der Waals surface area (Å²) >= 11 is 0. The van der Waals surface area contributed by atoms with E-state index in [2.05, 4.69) is 5.32 Å². The largest absolute Gasteiger partial charge is 0.508 e. The number of hydrogen-bond donors (Lipinski definition) is 3. The van der Waals surface area contributed by atoms with Crippen molar-refractivity contribution in [1.82, 2.24) is 0 Å². The fourth-order valence-electron chi connectivity index (χ4n) is 2.90. The van der Waals surface area contributed by atoms with Crippen LogP contribution in [0.15, 0.2) is 82.0 Å². The molecule has 134 valence electrons. The van der Waals surface area contributed by atoms with Crippen LogP contribution >= 0.6 is 0 Å². The lowest BCUT2D eigenvalue weighted by atomic mass is 10.1. The zero-order valence-electron chi connectivity index (χ0n) is 14.3. The molecule has 5 heteroatoms. The second-order valence-electron chi connectivity index (χ2n) is 6.21. The lowest BCUT2D eigenvalue weighted by molar-refractivity contribution is 0.449. The maximum Gasteiger partial charge on any atom is 0.235 e. The van der Waals surface area contributed by atoms with Gasteiger partial charge in [0.1, 0.15) is 11.3 Å². The minimum absolute atomic E-state index is 0.0810. The first kappa shape index (κ1) is 16.7. The molecule has 0 saturated carbocycles. The number of nitrogens with one attached hydrogen (secondary N) is 1. The first-order valence-electron chi connectivity index (χ1n) is 8.49. The Bertz CT molecular complexity index is 1150. The Morgan fingerprint density at radius 3 is 2.37 bits per heavy atom. The van der Waals surface area contributed by atoms with E-state index in [9.17, 15) is 15.0 Å². The van der Waals surface area contributed by atoms with Crippen molar-refractivity contribution in [3.63, 3.8) is 0 Å². The van der Waals surface area contributed by atoms with Gasteiger partial charge in [0.2, 0.25) is 11.2 Å². The SMILES string of the molecule is O=c1c(O)c(-c2ccc(O)cc2)oc2ccc(NCc3ccccc3)cc12. The van der Waals surface area contributed by atoms with E-state index < -0.39 is 11.2 Å². The van der Waals surface area contributed by atoms with E-state index in [1.165, 1.54) is 12.1 Å². The minimum atomic E-state index is -0.498. The number of phenolic OH excluding ortho intramolecular Hbond substituents is 1. The number of benzene rings is 3. The smallest absolute Gasteiger partial charge is 0.235 e. The van der Waals surface area contributed by atoms with Crippen LogP contribution in [0.5, 0.6) is 11.5 Å². The molecule has 27 heavy (non-hydrogen) atoms. The van der Waals surface area contributed by atoms with E-state index >= 15 is 0 Å². The Morgan fingerprint density at radius 2 is 1.63 bits per heavy atom. The monoisotopic (exact) mass is 359 g/mol. The van der Waals surface area contributed by atoms with Gasteiger partial charge >= 0.3 is 0 Å². The highest BCUT2D eigenvalue weighted by molar-refractivity contribution is 5.84. The van der Waals surface area contributed by atoms with Crippen LogP contribution < -0.4 is 10.7 Å². The second kappa shape index (κ2) is 6.88. The van der Waals surface area contributed by atoms with Crippen LogP contribution in [-0.4, -0.2) is 10.2 Å². The van der Waals surface area contributed by atoms with Crippen molar-refractivity contribution in [3.05, 3.63) is 88.6 Å². The Hall–Kier alpha value is -3.73. The zero-order chi connectivity index (χ0) is 18.8. The standard InChI is InChI=1S/C22H17NO4/c24-17-9-6-15(7-10-17)22-21(26)20(25)18-12-16(8-11-19(18)27-22)23-13-14-4-2-1-3-5-14/h1-12,23-24,26H,13H2. The predicted octanol–water partition coefficient (Wildman–Crippen LogP) is 4.48. The molecule has 5 nitrogen and oxygen atoms in total. The number of anilines is 1. The van der Waals surface area contributed by atoms with Crippen molar-refractivity contribution in [3.8, 4) is 22.8 Å². The average molecular weight is 359 g/mol. The molecule has 4 aromatic rings. The van der Waals surface area contributed by atoms with Crippen LogP contribution in [0.2, 0.25) is 0 Å². The van der Waals surface area contributed by atoms with Crippen molar-refractivity contribution in [2.75, 3.05) is 5.32 Å². The van der Waals surface area contributed by atoms with Crippen molar-refractivity contribution in [2.45, 2.75) is 6.54 Å². The molecule has 0 unspecified atom stereocenters. The third-order valence-electron chi connectivity index (χ3n) is 4.34. The van der Waals surface area contributed by atoms with Crippen LogP contribution in [0, 0.1) is 0 Å². The summed E-state index contributed by atoms with van der Waals surface area (Å²) in [6.07, 6.45) is 0. The first-order valence-corrected chi connectivity index (χ1v) is 8.49. The zero-order valence-corrected chi connectivity index (χ0v) is 14.3. The molecule has 3 N–H and O–H groups in total. The maximum absolute atomic E-state index is 12.6. The van der Waals surface area contributed by atoms with E-state index in [0.29, 0.717) is 23.1 Å². The lowest BCUT2D eigenvalue weighted by Gasteiger charge is -2.09. The Kier molecular flexibility index (Phi) is 4.26. The van der Waals surface area contributed by atoms with Gasteiger partial charge in [-0.15, -0.1) is 0 Å². The van der Waals surface area contributed by atoms with E-state index in [1.54, 1.807) is 24.3 Å². The van der Waals surface area contributed by atoms with Gasteiger partial charge in [0.25, 0.3) is 0 Å². The number of aromatic hydroxyl groups is 2. The number of fused-ring (bicyclic) bond motifs is 1. The lowest BCUT2D eigenvalue weighted by Crippen LogP contribution is -2.04. The van der Waals surface area contributed by atoms with Crippen LogP contribution in [-0.2, 0) is 6.54 Å². The molecule has 0 aliphatic heterocycles. The molecular weight excluding hydrogens is 342 g/mol. The molecule has 0 spiro atoms. The van der Waals surface area contributed by atoms with Crippen molar-refractivity contribution >= 4 is 16.7 Å². The average Bonchev–Trinajstić information content (AvgIpc) is 2.71. The van der Waals surface area contributed by atoms with Crippen LogP contribution in [0.25, 0.3) is 22.3 Å². The Labute approximate surface area is 155 Å². The molecule has 0 radical (unpaired) electrons. The van der Waals surface area contributed by atoms with Crippen LogP contribution in [0.4, 0.5) is 5.69 Å². The van der Waals surface area contributed by atoms with Crippen molar-refractivity contribution < 1.29 is 14.6 Å². The first-order chi connectivity index (χ1) is 13.1. The third-order valence-corrected chi connectivity index (χ3v) is 4.34. The van der Waals surface area contributed by atoms with Gasteiger partial charge < -0.3 is 19.9 Å².